The summed E-state index contributed by atoms with van der Waals surface area (Å²) in [5, 5.41) is 8.89. The zero-order chi connectivity index (χ0) is 14.8. The first-order valence-electron chi connectivity index (χ1n) is 5.82. The lowest BCUT2D eigenvalue weighted by Crippen LogP contribution is -2.14. The highest BCUT2D eigenvalue weighted by Gasteiger charge is 2.16. The van der Waals surface area contributed by atoms with Gasteiger partial charge in [-0.15, -0.1) is 0 Å². The van der Waals surface area contributed by atoms with Gasteiger partial charge in [-0.1, -0.05) is 24.3 Å². The molecule has 0 aliphatic heterocycles. The van der Waals surface area contributed by atoms with Gasteiger partial charge in [0.2, 0.25) is 0 Å². The van der Waals surface area contributed by atoms with Crippen molar-refractivity contribution in [2.24, 2.45) is 0 Å². The van der Waals surface area contributed by atoms with Crippen LogP contribution in [0.5, 0.6) is 0 Å². The highest BCUT2D eigenvalue weighted by molar-refractivity contribution is 7.92. The number of aromatic carboxylic acids is 1. The molecule has 0 bridgehead atoms. The Balaban J connectivity index is 2.36. The van der Waals surface area contributed by atoms with Crippen LogP contribution in [0.2, 0.25) is 0 Å². The van der Waals surface area contributed by atoms with E-state index in [2.05, 4.69) is 4.72 Å². The van der Waals surface area contributed by atoms with Gasteiger partial charge in [-0.25, -0.2) is 13.2 Å². The zero-order valence-electron chi connectivity index (χ0n) is 10.7. The van der Waals surface area contributed by atoms with Crippen LogP contribution < -0.4 is 4.72 Å². The zero-order valence-corrected chi connectivity index (χ0v) is 11.5. The maximum atomic E-state index is 12.2. The molecule has 0 aliphatic carbocycles. The van der Waals surface area contributed by atoms with Gasteiger partial charge in [0.1, 0.15) is 0 Å². The Bertz CT molecular complexity index is 753. The van der Waals surface area contributed by atoms with E-state index in [4.69, 9.17) is 5.11 Å². The average molecular weight is 291 g/mol. The minimum atomic E-state index is -3.73. The maximum Gasteiger partial charge on any atom is 0.335 e. The molecule has 2 rings (SSSR count). The van der Waals surface area contributed by atoms with Crippen LogP contribution in [0.1, 0.15) is 15.9 Å². The third kappa shape index (κ3) is 2.97. The summed E-state index contributed by atoms with van der Waals surface area (Å²) in [6, 6.07) is 12.2. The molecule has 6 heteroatoms. The summed E-state index contributed by atoms with van der Waals surface area (Å²) in [6.07, 6.45) is 0. The van der Waals surface area contributed by atoms with E-state index in [-0.39, 0.29) is 16.1 Å². The highest BCUT2D eigenvalue weighted by atomic mass is 32.2. The summed E-state index contributed by atoms with van der Waals surface area (Å²) in [4.78, 5) is 11.0. The molecule has 0 amide bonds. The van der Waals surface area contributed by atoms with Gasteiger partial charge in [-0.05, 0) is 36.8 Å². The van der Waals surface area contributed by atoms with Crippen molar-refractivity contribution in [3.8, 4) is 0 Å². The largest absolute Gasteiger partial charge is 0.478 e. The van der Waals surface area contributed by atoms with E-state index in [1.54, 1.807) is 25.1 Å². The highest BCUT2D eigenvalue weighted by Crippen LogP contribution is 2.19. The molecule has 0 atom stereocenters. The average Bonchev–Trinajstić information content (AvgIpc) is 2.38. The van der Waals surface area contributed by atoms with Crippen LogP contribution in [-0.2, 0) is 10.0 Å². The number of hydrogen-bond donors (Lipinski definition) is 2. The molecule has 0 saturated carbocycles. The van der Waals surface area contributed by atoms with Crippen LogP contribution in [-0.4, -0.2) is 19.5 Å². The van der Waals surface area contributed by atoms with E-state index in [1.807, 2.05) is 0 Å². The minimum Gasteiger partial charge on any atom is -0.478 e. The molecule has 0 spiro atoms. The number of benzene rings is 2. The molecule has 0 aromatic heterocycles. The van der Waals surface area contributed by atoms with Crippen LogP contribution in [0.3, 0.4) is 0 Å². The number of anilines is 1. The summed E-state index contributed by atoms with van der Waals surface area (Å²) in [5.41, 5.74) is 0.859. The second-order valence-corrected chi connectivity index (χ2v) is 5.91. The Morgan fingerprint density at radius 1 is 1.10 bits per heavy atom. The second kappa shape index (κ2) is 5.34. The summed E-state index contributed by atoms with van der Waals surface area (Å²) in [7, 11) is -3.73. The van der Waals surface area contributed by atoms with E-state index < -0.39 is 16.0 Å². The van der Waals surface area contributed by atoms with E-state index in [0.29, 0.717) is 5.56 Å². The van der Waals surface area contributed by atoms with Crippen molar-refractivity contribution in [2.75, 3.05) is 4.72 Å². The Kier molecular flexibility index (Phi) is 3.76. The van der Waals surface area contributed by atoms with Crippen LogP contribution in [0.15, 0.2) is 53.4 Å². The lowest BCUT2D eigenvalue weighted by molar-refractivity contribution is 0.0697. The Hall–Kier alpha value is -2.34. The molecular formula is C14H13NO4S. The molecule has 0 fully saturated rings. The monoisotopic (exact) mass is 291 g/mol. The molecule has 0 aliphatic rings. The van der Waals surface area contributed by atoms with Gasteiger partial charge in [-0.3, -0.25) is 4.72 Å². The maximum absolute atomic E-state index is 12.2. The third-order valence-electron chi connectivity index (χ3n) is 2.74. The van der Waals surface area contributed by atoms with Gasteiger partial charge in [0.25, 0.3) is 10.0 Å². The van der Waals surface area contributed by atoms with Crippen molar-refractivity contribution in [1.82, 2.24) is 0 Å². The van der Waals surface area contributed by atoms with Crippen molar-refractivity contribution in [3.05, 3.63) is 59.7 Å². The standard InChI is InChI=1S/C14H13NO4S/c1-10-5-2-3-8-13(10)20(18,19)15-12-7-4-6-11(9-12)14(16)17/h2-9,15H,1H3,(H,16,17). The molecule has 104 valence electrons. The second-order valence-electron chi connectivity index (χ2n) is 4.26. The molecule has 2 N–H and O–H groups in total. The van der Waals surface area contributed by atoms with Crippen LogP contribution >= 0.6 is 0 Å². The van der Waals surface area contributed by atoms with Gasteiger partial charge >= 0.3 is 5.97 Å². The number of hydrogen-bond acceptors (Lipinski definition) is 3. The predicted octanol–water partition coefficient (Wildman–Crippen LogP) is 2.49. The van der Waals surface area contributed by atoms with Crippen molar-refractivity contribution in [3.63, 3.8) is 0 Å². The molecule has 2 aromatic rings. The summed E-state index contributed by atoms with van der Waals surface area (Å²) < 4.78 is 26.9. The number of sulfonamides is 1. The summed E-state index contributed by atoms with van der Waals surface area (Å²) >= 11 is 0. The first kappa shape index (κ1) is 14.1. The Labute approximate surface area is 116 Å². The Morgan fingerprint density at radius 2 is 1.80 bits per heavy atom. The number of carboxylic acid groups (broad SMARTS) is 1. The smallest absolute Gasteiger partial charge is 0.335 e. The molecule has 0 radical (unpaired) electrons. The number of carbonyl (C=O) groups is 1. The van der Waals surface area contributed by atoms with Gasteiger partial charge in [0.15, 0.2) is 0 Å². The van der Waals surface area contributed by atoms with Crippen LogP contribution in [0.25, 0.3) is 0 Å². The van der Waals surface area contributed by atoms with Gasteiger partial charge in [0, 0.05) is 5.69 Å². The van der Waals surface area contributed by atoms with Gasteiger partial charge < -0.3 is 5.11 Å². The Morgan fingerprint density at radius 3 is 2.45 bits per heavy atom. The quantitative estimate of drug-likeness (QED) is 0.906. The third-order valence-corrected chi connectivity index (χ3v) is 4.29. The topological polar surface area (TPSA) is 83.5 Å². The fourth-order valence-corrected chi connectivity index (χ4v) is 3.08. The molecule has 0 saturated heterocycles. The number of aryl methyl sites for hydroxylation is 1. The lowest BCUT2D eigenvalue weighted by atomic mass is 10.2. The summed E-state index contributed by atoms with van der Waals surface area (Å²) in [6.45, 7) is 1.70. The van der Waals surface area contributed by atoms with E-state index >= 15 is 0 Å². The summed E-state index contributed by atoms with van der Waals surface area (Å²) in [5.74, 6) is -1.11. The van der Waals surface area contributed by atoms with Crippen molar-refractivity contribution >= 4 is 21.7 Å². The van der Waals surface area contributed by atoms with Crippen molar-refractivity contribution in [1.29, 1.82) is 0 Å². The molecule has 0 heterocycles. The molecule has 5 nitrogen and oxygen atoms in total. The van der Waals surface area contributed by atoms with E-state index in [9.17, 15) is 13.2 Å². The van der Waals surface area contributed by atoms with Crippen molar-refractivity contribution < 1.29 is 18.3 Å². The SMILES string of the molecule is Cc1ccccc1S(=O)(=O)Nc1cccc(C(=O)O)c1. The molecule has 2 aromatic carbocycles. The normalized spacial score (nSPS) is 11.1. The number of carboxylic acids is 1. The van der Waals surface area contributed by atoms with E-state index in [1.165, 1.54) is 30.3 Å². The fourth-order valence-electron chi connectivity index (χ4n) is 1.78. The van der Waals surface area contributed by atoms with Gasteiger partial charge in [-0.2, -0.15) is 0 Å². The lowest BCUT2D eigenvalue weighted by Gasteiger charge is -2.10. The fraction of sp³-hybridized carbons (Fsp3) is 0.0714. The molecule has 0 unspecified atom stereocenters. The first-order valence-corrected chi connectivity index (χ1v) is 7.30. The minimum absolute atomic E-state index is 0.0231. The molecule has 20 heavy (non-hydrogen) atoms. The van der Waals surface area contributed by atoms with E-state index in [0.717, 1.165) is 0 Å². The molecular weight excluding hydrogens is 278 g/mol. The number of nitrogens with one attached hydrogen (secondary N) is 1. The first-order chi connectivity index (χ1) is 9.40. The van der Waals surface area contributed by atoms with Gasteiger partial charge in [0.05, 0.1) is 10.5 Å². The van der Waals surface area contributed by atoms with Crippen molar-refractivity contribution in [2.45, 2.75) is 11.8 Å². The predicted molar refractivity (Wildman–Crippen MR) is 75.4 cm³/mol. The van der Waals surface area contributed by atoms with Crippen LogP contribution in [0, 0.1) is 6.92 Å². The number of rotatable bonds is 4. The van der Waals surface area contributed by atoms with Crippen LogP contribution in [0.4, 0.5) is 5.69 Å².